The number of benzene rings is 2. The van der Waals surface area contributed by atoms with Gasteiger partial charge in [0.25, 0.3) is 5.60 Å². The first-order chi connectivity index (χ1) is 15.9. The lowest BCUT2D eigenvalue weighted by molar-refractivity contribution is -0.291. The highest BCUT2D eigenvalue weighted by Gasteiger charge is 2.66. The second-order valence-electron chi connectivity index (χ2n) is 8.69. The van der Waals surface area contributed by atoms with Crippen LogP contribution in [0.25, 0.3) is 0 Å². The van der Waals surface area contributed by atoms with Crippen LogP contribution in [0.15, 0.2) is 54.6 Å². The molecule has 2 aromatic rings. The van der Waals surface area contributed by atoms with Crippen LogP contribution >= 0.6 is 0 Å². The van der Waals surface area contributed by atoms with Gasteiger partial charge in [-0.1, -0.05) is 48.5 Å². The summed E-state index contributed by atoms with van der Waals surface area (Å²) in [7, 11) is 0.736. The van der Waals surface area contributed by atoms with E-state index in [0.29, 0.717) is 5.56 Å². The molecule has 1 saturated heterocycles. The van der Waals surface area contributed by atoms with Crippen LogP contribution in [0.5, 0.6) is 5.75 Å². The standard InChI is InChI=1S/C24H23F3O7/c1-22(2)19(28)18(16-17(34-22)14-11-7-8-12-15(14)32-20(16)29)33-21(30)23(31-3,24(25,26)27)13-9-5-4-6-10-13/h4-12,16-19,28H,1-3H3/t16?,17?,18-,19-,23+/m0/s1. The van der Waals surface area contributed by atoms with E-state index in [4.69, 9.17) is 18.9 Å². The van der Waals surface area contributed by atoms with E-state index in [1.54, 1.807) is 24.3 Å². The Morgan fingerprint density at radius 3 is 2.29 bits per heavy atom. The zero-order chi connectivity index (χ0) is 24.9. The average molecular weight is 480 g/mol. The first-order valence-electron chi connectivity index (χ1n) is 10.5. The van der Waals surface area contributed by atoms with Crippen LogP contribution in [-0.4, -0.2) is 48.1 Å². The summed E-state index contributed by atoms with van der Waals surface area (Å²) in [6, 6.07) is 12.8. The fourth-order valence-corrected chi connectivity index (χ4v) is 4.47. The number of rotatable bonds is 4. The van der Waals surface area contributed by atoms with Gasteiger partial charge in [0.1, 0.15) is 30.0 Å². The maximum absolute atomic E-state index is 14.3. The zero-order valence-electron chi connectivity index (χ0n) is 18.5. The van der Waals surface area contributed by atoms with Crippen molar-refractivity contribution in [3.8, 4) is 5.75 Å². The monoisotopic (exact) mass is 480 g/mol. The summed E-state index contributed by atoms with van der Waals surface area (Å²) in [4.78, 5) is 26.1. The number of para-hydroxylation sites is 1. The van der Waals surface area contributed by atoms with Crippen molar-refractivity contribution < 1.29 is 46.8 Å². The van der Waals surface area contributed by atoms with Gasteiger partial charge in [0.2, 0.25) is 0 Å². The number of hydrogen-bond donors (Lipinski definition) is 1. The Hall–Kier alpha value is -2.95. The third-order valence-corrected chi connectivity index (χ3v) is 6.26. The van der Waals surface area contributed by atoms with Crippen LogP contribution < -0.4 is 4.74 Å². The van der Waals surface area contributed by atoms with Gasteiger partial charge in [0, 0.05) is 18.2 Å². The van der Waals surface area contributed by atoms with Gasteiger partial charge in [0.15, 0.2) is 0 Å². The second kappa shape index (κ2) is 8.37. The Labute approximate surface area is 193 Å². The summed E-state index contributed by atoms with van der Waals surface area (Å²) in [6.45, 7) is 2.98. The first kappa shape index (κ1) is 24.2. The maximum atomic E-state index is 14.3. The van der Waals surface area contributed by atoms with Crippen molar-refractivity contribution in [1.82, 2.24) is 0 Å². The molecule has 2 heterocycles. The van der Waals surface area contributed by atoms with Gasteiger partial charge >= 0.3 is 18.1 Å². The van der Waals surface area contributed by atoms with E-state index in [1.807, 2.05) is 0 Å². The summed E-state index contributed by atoms with van der Waals surface area (Å²) in [5.41, 5.74) is -4.92. The highest BCUT2D eigenvalue weighted by molar-refractivity contribution is 5.84. The van der Waals surface area contributed by atoms with Crippen molar-refractivity contribution in [2.24, 2.45) is 5.92 Å². The molecule has 0 spiro atoms. The molecule has 0 bridgehead atoms. The molecule has 1 fully saturated rings. The van der Waals surface area contributed by atoms with Crippen LogP contribution in [0.2, 0.25) is 0 Å². The molecule has 7 nitrogen and oxygen atoms in total. The molecule has 5 atom stereocenters. The Bertz CT molecular complexity index is 1090. The Morgan fingerprint density at radius 2 is 1.68 bits per heavy atom. The number of methoxy groups -OCH3 is 1. The molecule has 2 aliphatic heterocycles. The fraction of sp³-hybridized carbons (Fsp3) is 0.417. The van der Waals surface area contributed by atoms with E-state index in [0.717, 1.165) is 19.2 Å². The van der Waals surface area contributed by atoms with Crippen molar-refractivity contribution in [2.45, 2.75) is 49.5 Å². The van der Waals surface area contributed by atoms with Crippen LogP contribution in [0.4, 0.5) is 13.2 Å². The normalized spacial score (nSPS) is 27.6. The molecule has 0 amide bonds. The molecule has 0 saturated carbocycles. The summed E-state index contributed by atoms with van der Waals surface area (Å²) >= 11 is 0. The number of esters is 2. The molecule has 10 heteroatoms. The van der Waals surface area contributed by atoms with Crippen molar-refractivity contribution in [2.75, 3.05) is 7.11 Å². The molecule has 0 aliphatic carbocycles. The largest absolute Gasteiger partial charge is 0.456 e. The second-order valence-corrected chi connectivity index (χ2v) is 8.69. The number of ether oxygens (including phenoxy) is 4. The van der Waals surface area contributed by atoms with E-state index in [1.165, 1.54) is 32.0 Å². The minimum atomic E-state index is -5.22. The predicted molar refractivity (Wildman–Crippen MR) is 111 cm³/mol. The van der Waals surface area contributed by atoms with Crippen molar-refractivity contribution >= 4 is 11.9 Å². The summed E-state index contributed by atoms with van der Waals surface area (Å²) in [5, 5.41) is 10.9. The van der Waals surface area contributed by atoms with E-state index in [-0.39, 0.29) is 5.75 Å². The van der Waals surface area contributed by atoms with Gasteiger partial charge in [-0.25, -0.2) is 4.79 Å². The Balaban J connectivity index is 1.78. The van der Waals surface area contributed by atoms with Crippen LogP contribution in [0.1, 0.15) is 31.1 Å². The Kier molecular flexibility index (Phi) is 5.95. The van der Waals surface area contributed by atoms with E-state index in [2.05, 4.69) is 0 Å². The molecule has 2 unspecified atom stereocenters. The van der Waals surface area contributed by atoms with Gasteiger partial charge in [-0.3, -0.25) is 4.79 Å². The van der Waals surface area contributed by atoms with Gasteiger partial charge < -0.3 is 24.1 Å². The molecule has 0 radical (unpaired) electrons. The molecule has 4 rings (SSSR count). The van der Waals surface area contributed by atoms with E-state index >= 15 is 0 Å². The molecular formula is C24H23F3O7. The summed E-state index contributed by atoms with van der Waals surface area (Å²) < 4.78 is 64.3. The van der Waals surface area contributed by atoms with Gasteiger partial charge in [-0.2, -0.15) is 13.2 Å². The van der Waals surface area contributed by atoms with E-state index in [9.17, 15) is 27.9 Å². The predicted octanol–water partition coefficient (Wildman–Crippen LogP) is 3.45. The first-order valence-corrected chi connectivity index (χ1v) is 10.5. The van der Waals surface area contributed by atoms with Gasteiger partial charge in [0.05, 0.1) is 5.60 Å². The summed E-state index contributed by atoms with van der Waals surface area (Å²) in [5.74, 6) is -3.90. The lowest BCUT2D eigenvalue weighted by atomic mass is 9.77. The lowest BCUT2D eigenvalue weighted by Gasteiger charge is -2.49. The molecule has 34 heavy (non-hydrogen) atoms. The number of fused-ring (bicyclic) bond motifs is 3. The van der Waals surface area contributed by atoms with E-state index < -0.39 is 59.1 Å². The number of aliphatic hydroxyl groups is 1. The molecule has 1 N–H and O–H groups in total. The minimum absolute atomic E-state index is 0.219. The minimum Gasteiger partial charge on any atom is -0.456 e. The number of carbonyl (C=O) groups excluding carboxylic acids is 2. The smallest absolute Gasteiger partial charge is 0.432 e. The number of alkyl halides is 3. The number of hydrogen-bond acceptors (Lipinski definition) is 7. The molecule has 2 aromatic carbocycles. The highest BCUT2D eigenvalue weighted by Crippen LogP contribution is 2.50. The van der Waals surface area contributed by atoms with Crippen LogP contribution in [0.3, 0.4) is 0 Å². The number of aliphatic hydroxyl groups excluding tert-OH is 1. The average Bonchev–Trinajstić information content (AvgIpc) is 2.77. The molecule has 0 aromatic heterocycles. The summed E-state index contributed by atoms with van der Waals surface area (Å²) in [6.07, 6.45) is -9.59. The highest BCUT2D eigenvalue weighted by atomic mass is 19.4. The van der Waals surface area contributed by atoms with Gasteiger partial charge in [-0.05, 0) is 19.9 Å². The van der Waals surface area contributed by atoms with Crippen LogP contribution in [0, 0.1) is 5.92 Å². The van der Waals surface area contributed by atoms with Gasteiger partial charge in [-0.15, -0.1) is 0 Å². The zero-order valence-corrected chi connectivity index (χ0v) is 18.5. The third-order valence-electron chi connectivity index (χ3n) is 6.26. The van der Waals surface area contributed by atoms with Crippen molar-refractivity contribution in [1.29, 1.82) is 0 Å². The van der Waals surface area contributed by atoms with Crippen molar-refractivity contribution in [3.63, 3.8) is 0 Å². The topological polar surface area (TPSA) is 91.3 Å². The lowest BCUT2D eigenvalue weighted by Crippen LogP contribution is -2.63. The third kappa shape index (κ3) is 3.66. The van der Waals surface area contributed by atoms with Crippen molar-refractivity contribution in [3.05, 3.63) is 65.7 Å². The Morgan fingerprint density at radius 1 is 1.06 bits per heavy atom. The quantitative estimate of drug-likeness (QED) is 0.530. The molecule has 2 aliphatic rings. The maximum Gasteiger partial charge on any atom is 0.432 e. The number of halogens is 3. The number of carbonyl (C=O) groups is 2. The molecule has 182 valence electrons. The fourth-order valence-electron chi connectivity index (χ4n) is 4.47. The van der Waals surface area contributed by atoms with Crippen LogP contribution in [-0.2, 0) is 29.4 Å². The SMILES string of the molecule is CO[C@@](C(=O)O[C@H]1C2C(=O)Oc3ccccc3C2OC(C)(C)[C@H]1O)(c1ccccc1)C(F)(F)F. The molecular weight excluding hydrogens is 457 g/mol.